The predicted molar refractivity (Wildman–Crippen MR) is 79.2 cm³/mol. The molecule has 1 aliphatic rings. The first-order valence-electron chi connectivity index (χ1n) is 6.82. The van der Waals surface area contributed by atoms with Crippen molar-refractivity contribution < 1.29 is 22.7 Å². The highest BCUT2D eigenvalue weighted by Crippen LogP contribution is 2.23. The summed E-state index contributed by atoms with van der Waals surface area (Å²) >= 11 is 0. The van der Waals surface area contributed by atoms with E-state index < -0.39 is 18.2 Å². The van der Waals surface area contributed by atoms with Crippen LogP contribution >= 0.6 is 12.4 Å². The van der Waals surface area contributed by atoms with Crippen LogP contribution in [0.2, 0.25) is 0 Å². The van der Waals surface area contributed by atoms with E-state index in [4.69, 9.17) is 0 Å². The van der Waals surface area contributed by atoms with Crippen molar-refractivity contribution in [3.05, 3.63) is 24.0 Å². The molecule has 0 aromatic heterocycles. The first kappa shape index (κ1) is 18.6. The molecule has 4 nitrogen and oxygen atoms in total. The molecule has 1 saturated heterocycles. The predicted octanol–water partition coefficient (Wildman–Crippen LogP) is 3.32. The van der Waals surface area contributed by atoms with Gasteiger partial charge in [-0.3, -0.25) is 4.79 Å². The van der Waals surface area contributed by atoms with Gasteiger partial charge in [0.05, 0.1) is 0 Å². The SMILES string of the molecule is Cl.O=C(CCC1CCCN1)Nc1ccc(OC(F)F)c(F)c1. The fourth-order valence-corrected chi connectivity index (χ4v) is 2.30. The number of halogens is 4. The van der Waals surface area contributed by atoms with Gasteiger partial charge in [-0.2, -0.15) is 8.78 Å². The lowest BCUT2D eigenvalue weighted by Gasteiger charge is -2.11. The number of carbonyl (C=O) groups excluding carboxylic acids is 1. The van der Waals surface area contributed by atoms with Gasteiger partial charge in [-0.25, -0.2) is 4.39 Å². The second kappa shape index (κ2) is 8.85. The molecule has 0 aliphatic carbocycles. The molecule has 0 radical (unpaired) electrons. The molecular formula is C14H18ClF3N2O2. The Bertz CT molecular complexity index is 497. The lowest BCUT2D eigenvalue weighted by molar-refractivity contribution is -0.116. The van der Waals surface area contributed by atoms with Crippen LogP contribution in [0.4, 0.5) is 18.9 Å². The Labute approximate surface area is 132 Å². The van der Waals surface area contributed by atoms with Gasteiger partial charge in [0.25, 0.3) is 0 Å². The van der Waals surface area contributed by atoms with Gasteiger partial charge in [0.15, 0.2) is 11.6 Å². The third-order valence-corrected chi connectivity index (χ3v) is 3.31. The van der Waals surface area contributed by atoms with E-state index in [9.17, 15) is 18.0 Å². The van der Waals surface area contributed by atoms with Crippen molar-refractivity contribution in [2.75, 3.05) is 11.9 Å². The van der Waals surface area contributed by atoms with Crippen molar-refractivity contribution in [3.8, 4) is 5.75 Å². The smallest absolute Gasteiger partial charge is 0.387 e. The summed E-state index contributed by atoms with van der Waals surface area (Å²) in [7, 11) is 0. The third kappa shape index (κ3) is 5.73. The summed E-state index contributed by atoms with van der Waals surface area (Å²) in [5, 5.41) is 5.82. The molecule has 1 fully saturated rings. The van der Waals surface area contributed by atoms with Gasteiger partial charge in [-0.1, -0.05) is 0 Å². The van der Waals surface area contributed by atoms with E-state index in [1.165, 1.54) is 6.07 Å². The first-order valence-corrected chi connectivity index (χ1v) is 6.82. The number of anilines is 1. The molecule has 1 aliphatic heterocycles. The number of hydrogen-bond donors (Lipinski definition) is 2. The molecule has 0 spiro atoms. The number of hydrogen-bond acceptors (Lipinski definition) is 3. The van der Waals surface area contributed by atoms with Crippen molar-refractivity contribution in [1.82, 2.24) is 5.32 Å². The summed E-state index contributed by atoms with van der Waals surface area (Å²) in [6, 6.07) is 3.71. The molecule has 2 N–H and O–H groups in total. The van der Waals surface area contributed by atoms with Gasteiger partial charge in [0.1, 0.15) is 0 Å². The van der Waals surface area contributed by atoms with Crippen molar-refractivity contribution >= 4 is 24.0 Å². The Morgan fingerprint density at radius 2 is 2.23 bits per heavy atom. The van der Waals surface area contributed by atoms with Crippen molar-refractivity contribution in [2.24, 2.45) is 0 Å². The van der Waals surface area contributed by atoms with Crippen LogP contribution in [0, 0.1) is 5.82 Å². The van der Waals surface area contributed by atoms with E-state index in [1.807, 2.05) is 0 Å². The molecule has 8 heteroatoms. The molecule has 1 aromatic rings. The number of rotatable bonds is 6. The van der Waals surface area contributed by atoms with Crippen molar-refractivity contribution in [3.63, 3.8) is 0 Å². The van der Waals surface area contributed by atoms with Crippen LogP contribution in [0.1, 0.15) is 25.7 Å². The van der Waals surface area contributed by atoms with Crippen LogP contribution in [0.3, 0.4) is 0 Å². The largest absolute Gasteiger partial charge is 0.432 e. The van der Waals surface area contributed by atoms with Crippen LogP contribution in [-0.2, 0) is 4.79 Å². The molecule has 1 amide bonds. The second-order valence-electron chi connectivity index (χ2n) is 4.90. The monoisotopic (exact) mass is 338 g/mol. The van der Waals surface area contributed by atoms with Gasteiger partial charge in [-0.15, -0.1) is 12.4 Å². The number of alkyl halides is 2. The summed E-state index contributed by atoms with van der Waals surface area (Å²) in [6.07, 6.45) is 3.22. The van der Waals surface area contributed by atoms with E-state index in [0.29, 0.717) is 12.5 Å². The Balaban J connectivity index is 0.00000242. The zero-order chi connectivity index (χ0) is 15.2. The number of amides is 1. The molecule has 1 heterocycles. The lowest BCUT2D eigenvalue weighted by Crippen LogP contribution is -2.23. The Kier molecular flexibility index (Phi) is 7.47. The molecule has 1 atom stereocenters. The topological polar surface area (TPSA) is 50.4 Å². The fraction of sp³-hybridized carbons (Fsp3) is 0.500. The molecule has 0 saturated carbocycles. The van der Waals surface area contributed by atoms with Crippen LogP contribution < -0.4 is 15.4 Å². The average molecular weight is 339 g/mol. The summed E-state index contributed by atoms with van der Waals surface area (Å²) in [4.78, 5) is 11.7. The van der Waals surface area contributed by atoms with E-state index >= 15 is 0 Å². The zero-order valence-electron chi connectivity index (χ0n) is 11.8. The summed E-state index contributed by atoms with van der Waals surface area (Å²) in [5.41, 5.74) is 0.221. The standard InChI is InChI=1S/C14H17F3N2O2.ClH/c15-11-8-10(3-5-12(11)21-14(16)17)19-13(20)6-4-9-2-1-7-18-9;/h3,5,8-9,14,18H,1-2,4,6-7H2,(H,19,20);1H. The highest BCUT2D eigenvalue weighted by atomic mass is 35.5. The number of ether oxygens (including phenoxy) is 1. The third-order valence-electron chi connectivity index (χ3n) is 3.31. The fourth-order valence-electron chi connectivity index (χ4n) is 2.30. The average Bonchev–Trinajstić information content (AvgIpc) is 2.92. The minimum atomic E-state index is -3.08. The minimum Gasteiger partial charge on any atom is -0.432 e. The van der Waals surface area contributed by atoms with Crippen LogP contribution in [0.15, 0.2) is 18.2 Å². The Morgan fingerprint density at radius 3 is 2.82 bits per heavy atom. The lowest BCUT2D eigenvalue weighted by atomic mass is 10.1. The zero-order valence-corrected chi connectivity index (χ0v) is 12.6. The van der Waals surface area contributed by atoms with Gasteiger partial charge >= 0.3 is 6.61 Å². The summed E-state index contributed by atoms with van der Waals surface area (Å²) < 4.78 is 41.5. The normalized spacial score (nSPS) is 17.2. The van der Waals surface area contributed by atoms with Crippen LogP contribution in [0.25, 0.3) is 0 Å². The van der Waals surface area contributed by atoms with E-state index in [2.05, 4.69) is 15.4 Å². The van der Waals surface area contributed by atoms with Gasteiger partial charge in [0, 0.05) is 24.2 Å². The molecule has 22 heavy (non-hydrogen) atoms. The van der Waals surface area contributed by atoms with Gasteiger partial charge in [0.2, 0.25) is 5.91 Å². The highest BCUT2D eigenvalue weighted by Gasteiger charge is 2.16. The minimum absolute atomic E-state index is 0. The highest BCUT2D eigenvalue weighted by molar-refractivity contribution is 5.90. The number of carbonyl (C=O) groups is 1. The number of benzene rings is 1. The first-order chi connectivity index (χ1) is 10.0. The summed E-state index contributed by atoms with van der Waals surface area (Å²) in [5.74, 6) is -1.71. The number of nitrogens with one attached hydrogen (secondary N) is 2. The molecule has 1 aromatic carbocycles. The maximum atomic E-state index is 13.5. The second-order valence-corrected chi connectivity index (χ2v) is 4.90. The maximum Gasteiger partial charge on any atom is 0.387 e. The molecule has 0 bridgehead atoms. The van der Waals surface area contributed by atoms with Crippen LogP contribution in [0.5, 0.6) is 5.75 Å². The van der Waals surface area contributed by atoms with E-state index in [-0.39, 0.29) is 24.0 Å². The van der Waals surface area contributed by atoms with Gasteiger partial charge < -0.3 is 15.4 Å². The maximum absolute atomic E-state index is 13.5. The van der Waals surface area contributed by atoms with Gasteiger partial charge in [-0.05, 0) is 37.9 Å². The van der Waals surface area contributed by atoms with Crippen molar-refractivity contribution in [2.45, 2.75) is 38.3 Å². The Hall–Kier alpha value is -1.47. The quantitative estimate of drug-likeness (QED) is 0.836. The molecule has 124 valence electrons. The van der Waals surface area contributed by atoms with Crippen molar-refractivity contribution in [1.29, 1.82) is 0 Å². The summed E-state index contributed by atoms with van der Waals surface area (Å²) in [6.45, 7) is -2.11. The van der Waals surface area contributed by atoms with E-state index in [1.54, 1.807) is 0 Å². The molecule has 2 rings (SSSR count). The van der Waals surface area contributed by atoms with E-state index in [0.717, 1.165) is 37.9 Å². The van der Waals surface area contributed by atoms with Crippen LogP contribution in [-0.4, -0.2) is 25.1 Å². The molecule has 1 unspecified atom stereocenters. The molecular weight excluding hydrogens is 321 g/mol. The Morgan fingerprint density at radius 1 is 1.45 bits per heavy atom.